The SMILES string of the molecule is CC(NC1CCC(O)CC1)c1cccc(N2CCCS2(=O)=O)c1. The first kappa shape index (κ1) is 16.7. The highest BCUT2D eigenvalue weighted by Gasteiger charge is 2.28. The fourth-order valence-electron chi connectivity index (χ4n) is 3.57. The second-order valence-corrected chi connectivity index (χ2v) is 8.74. The van der Waals surface area contributed by atoms with Crippen molar-refractivity contribution in [2.24, 2.45) is 0 Å². The molecule has 1 atom stereocenters. The summed E-state index contributed by atoms with van der Waals surface area (Å²) in [7, 11) is -3.13. The Balaban J connectivity index is 1.69. The summed E-state index contributed by atoms with van der Waals surface area (Å²) in [5.41, 5.74) is 1.88. The molecule has 1 saturated carbocycles. The van der Waals surface area contributed by atoms with Crippen LogP contribution >= 0.6 is 0 Å². The van der Waals surface area contributed by atoms with Crippen LogP contribution in [0.2, 0.25) is 0 Å². The fraction of sp³-hybridized carbons (Fsp3) is 0.647. The molecule has 0 radical (unpaired) electrons. The van der Waals surface area contributed by atoms with Gasteiger partial charge in [0.15, 0.2) is 0 Å². The van der Waals surface area contributed by atoms with Crippen LogP contribution in [0.4, 0.5) is 5.69 Å². The first-order valence-electron chi connectivity index (χ1n) is 8.50. The van der Waals surface area contributed by atoms with Crippen LogP contribution in [0.1, 0.15) is 50.6 Å². The number of anilines is 1. The molecule has 1 aliphatic heterocycles. The van der Waals surface area contributed by atoms with Gasteiger partial charge in [0.1, 0.15) is 0 Å². The number of nitrogens with zero attached hydrogens (tertiary/aromatic N) is 1. The van der Waals surface area contributed by atoms with Crippen LogP contribution in [0, 0.1) is 0 Å². The minimum Gasteiger partial charge on any atom is -0.393 e. The lowest BCUT2D eigenvalue weighted by Crippen LogP contribution is -2.36. The monoisotopic (exact) mass is 338 g/mol. The quantitative estimate of drug-likeness (QED) is 0.883. The molecule has 0 spiro atoms. The summed E-state index contributed by atoms with van der Waals surface area (Å²) in [5.74, 6) is 0.245. The molecular formula is C17H26N2O3S. The number of aliphatic hydroxyl groups is 1. The van der Waals surface area contributed by atoms with Gasteiger partial charge in [-0.2, -0.15) is 0 Å². The van der Waals surface area contributed by atoms with E-state index in [1.165, 1.54) is 4.31 Å². The van der Waals surface area contributed by atoms with Gasteiger partial charge in [-0.15, -0.1) is 0 Å². The van der Waals surface area contributed by atoms with Crippen molar-refractivity contribution >= 4 is 15.7 Å². The lowest BCUT2D eigenvalue weighted by molar-refractivity contribution is 0.114. The third-order valence-corrected chi connectivity index (χ3v) is 6.81. The summed E-state index contributed by atoms with van der Waals surface area (Å²) in [5, 5.41) is 13.2. The average Bonchev–Trinajstić information content (AvgIpc) is 2.89. The van der Waals surface area contributed by atoms with Gasteiger partial charge in [-0.3, -0.25) is 4.31 Å². The first-order valence-corrected chi connectivity index (χ1v) is 10.1. The molecule has 2 fully saturated rings. The van der Waals surface area contributed by atoms with E-state index >= 15 is 0 Å². The maximum atomic E-state index is 12.1. The van der Waals surface area contributed by atoms with E-state index in [4.69, 9.17) is 0 Å². The van der Waals surface area contributed by atoms with Gasteiger partial charge >= 0.3 is 0 Å². The number of nitrogens with one attached hydrogen (secondary N) is 1. The van der Waals surface area contributed by atoms with Crippen molar-refractivity contribution in [1.29, 1.82) is 0 Å². The molecule has 1 aliphatic carbocycles. The highest BCUT2D eigenvalue weighted by Crippen LogP contribution is 2.28. The van der Waals surface area contributed by atoms with Gasteiger partial charge in [-0.05, 0) is 56.7 Å². The second-order valence-electron chi connectivity index (χ2n) is 6.73. The van der Waals surface area contributed by atoms with Crippen molar-refractivity contribution in [3.05, 3.63) is 29.8 Å². The maximum absolute atomic E-state index is 12.1. The van der Waals surface area contributed by atoms with E-state index in [0.29, 0.717) is 19.0 Å². The summed E-state index contributed by atoms with van der Waals surface area (Å²) in [6, 6.07) is 8.42. The number of aliphatic hydroxyl groups excluding tert-OH is 1. The molecule has 1 unspecified atom stereocenters. The molecule has 1 aromatic rings. The Kier molecular flexibility index (Phi) is 4.94. The van der Waals surface area contributed by atoms with E-state index < -0.39 is 10.0 Å². The van der Waals surface area contributed by atoms with Crippen molar-refractivity contribution < 1.29 is 13.5 Å². The van der Waals surface area contributed by atoms with Crippen molar-refractivity contribution in [3.63, 3.8) is 0 Å². The van der Waals surface area contributed by atoms with Crippen molar-refractivity contribution in [2.75, 3.05) is 16.6 Å². The van der Waals surface area contributed by atoms with Crippen LogP contribution in [-0.2, 0) is 10.0 Å². The van der Waals surface area contributed by atoms with Crippen LogP contribution in [0.15, 0.2) is 24.3 Å². The number of hydrogen-bond acceptors (Lipinski definition) is 4. The van der Waals surface area contributed by atoms with Crippen LogP contribution < -0.4 is 9.62 Å². The van der Waals surface area contributed by atoms with E-state index in [1.807, 2.05) is 24.3 Å². The van der Waals surface area contributed by atoms with Gasteiger partial charge in [0, 0.05) is 18.6 Å². The molecule has 1 saturated heterocycles. The van der Waals surface area contributed by atoms with E-state index in [-0.39, 0.29) is 17.9 Å². The fourth-order valence-corrected chi connectivity index (χ4v) is 5.13. The topological polar surface area (TPSA) is 69.6 Å². The summed E-state index contributed by atoms with van der Waals surface area (Å²) < 4.78 is 25.7. The predicted octanol–water partition coefficient (Wildman–Crippen LogP) is 2.18. The van der Waals surface area contributed by atoms with Crippen LogP contribution in [-0.4, -0.2) is 38.0 Å². The highest BCUT2D eigenvalue weighted by molar-refractivity contribution is 7.93. The molecule has 0 bridgehead atoms. The molecule has 1 aromatic carbocycles. The molecule has 2 N–H and O–H groups in total. The lowest BCUT2D eigenvalue weighted by atomic mass is 9.92. The molecule has 0 aromatic heterocycles. The third kappa shape index (κ3) is 3.87. The molecule has 1 heterocycles. The number of sulfonamides is 1. The minimum absolute atomic E-state index is 0.146. The van der Waals surface area contributed by atoms with Gasteiger partial charge in [0.2, 0.25) is 10.0 Å². The Morgan fingerprint density at radius 1 is 1.26 bits per heavy atom. The zero-order valence-electron chi connectivity index (χ0n) is 13.6. The Labute approximate surface area is 138 Å². The smallest absolute Gasteiger partial charge is 0.235 e. The van der Waals surface area contributed by atoms with Crippen LogP contribution in [0.5, 0.6) is 0 Å². The predicted molar refractivity (Wildman–Crippen MR) is 92.0 cm³/mol. The number of rotatable bonds is 4. The minimum atomic E-state index is -3.13. The Hall–Kier alpha value is -1.11. The molecule has 6 heteroatoms. The Morgan fingerprint density at radius 3 is 2.65 bits per heavy atom. The molecule has 128 valence electrons. The van der Waals surface area contributed by atoms with Crippen molar-refractivity contribution in [2.45, 2.75) is 57.2 Å². The Bertz CT molecular complexity index is 639. The third-order valence-electron chi connectivity index (χ3n) is 4.94. The average molecular weight is 338 g/mol. The van der Waals surface area contributed by atoms with E-state index in [9.17, 15) is 13.5 Å². The zero-order valence-corrected chi connectivity index (χ0v) is 14.4. The summed E-state index contributed by atoms with van der Waals surface area (Å²) in [6.45, 7) is 2.69. The maximum Gasteiger partial charge on any atom is 0.235 e. The van der Waals surface area contributed by atoms with Gasteiger partial charge in [-0.1, -0.05) is 12.1 Å². The first-order chi connectivity index (χ1) is 11.0. The number of hydrogen-bond donors (Lipinski definition) is 2. The van der Waals surface area contributed by atoms with Crippen molar-refractivity contribution in [1.82, 2.24) is 5.32 Å². The van der Waals surface area contributed by atoms with Gasteiger partial charge < -0.3 is 10.4 Å². The molecule has 2 aliphatic rings. The number of benzene rings is 1. The van der Waals surface area contributed by atoms with Gasteiger partial charge in [0.05, 0.1) is 17.5 Å². The Morgan fingerprint density at radius 2 is 2.00 bits per heavy atom. The highest BCUT2D eigenvalue weighted by atomic mass is 32.2. The normalized spacial score (nSPS) is 28.7. The second kappa shape index (κ2) is 6.79. The van der Waals surface area contributed by atoms with Gasteiger partial charge in [0.25, 0.3) is 0 Å². The molecule has 5 nitrogen and oxygen atoms in total. The molecule has 0 amide bonds. The summed E-state index contributed by atoms with van der Waals surface area (Å²) in [4.78, 5) is 0. The largest absolute Gasteiger partial charge is 0.393 e. The van der Waals surface area contributed by atoms with E-state index in [2.05, 4.69) is 12.2 Å². The van der Waals surface area contributed by atoms with Gasteiger partial charge in [-0.25, -0.2) is 8.42 Å². The van der Waals surface area contributed by atoms with Crippen LogP contribution in [0.25, 0.3) is 0 Å². The zero-order chi connectivity index (χ0) is 16.4. The molecular weight excluding hydrogens is 312 g/mol. The van der Waals surface area contributed by atoms with E-state index in [0.717, 1.165) is 36.9 Å². The standard InChI is InChI=1S/C17H26N2O3S/c1-13(18-15-6-8-17(20)9-7-15)14-4-2-5-16(12-14)19-10-3-11-23(19,21)22/h2,4-5,12-13,15,17-18,20H,3,6-11H2,1H3. The van der Waals surface area contributed by atoms with Crippen LogP contribution in [0.3, 0.4) is 0 Å². The van der Waals surface area contributed by atoms with E-state index in [1.54, 1.807) is 0 Å². The lowest BCUT2D eigenvalue weighted by Gasteiger charge is -2.29. The molecule has 3 rings (SSSR count). The molecule has 23 heavy (non-hydrogen) atoms. The summed E-state index contributed by atoms with van der Waals surface area (Å²) >= 11 is 0. The van der Waals surface area contributed by atoms with Crippen molar-refractivity contribution in [3.8, 4) is 0 Å². The summed E-state index contributed by atoms with van der Waals surface area (Å²) in [6.07, 6.45) is 4.25.